The van der Waals surface area contributed by atoms with Gasteiger partial charge in [-0.1, -0.05) is 30.3 Å². The summed E-state index contributed by atoms with van der Waals surface area (Å²) in [6, 6.07) is 14.6. The van der Waals surface area contributed by atoms with Gasteiger partial charge in [0.25, 0.3) is 0 Å². The molecule has 0 aromatic heterocycles. The van der Waals surface area contributed by atoms with E-state index in [2.05, 4.69) is 36.1 Å². The van der Waals surface area contributed by atoms with Crippen LogP contribution in [-0.4, -0.2) is 37.3 Å². The summed E-state index contributed by atoms with van der Waals surface area (Å²) in [7, 11) is 1.71. The Hall–Kier alpha value is -2.53. The van der Waals surface area contributed by atoms with E-state index in [1.165, 1.54) is 5.56 Å². The van der Waals surface area contributed by atoms with Crippen molar-refractivity contribution < 1.29 is 14.3 Å². The molecular formula is C21H24N2O3. The number of benzene rings is 2. The number of hydrogen-bond acceptors (Lipinski definition) is 4. The van der Waals surface area contributed by atoms with Crippen molar-refractivity contribution in [2.24, 2.45) is 0 Å². The number of carbonyl (C=O) groups is 1. The van der Waals surface area contributed by atoms with E-state index in [1.54, 1.807) is 7.11 Å². The molecule has 136 valence electrons. The minimum Gasteiger partial charge on any atom is -0.496 e. The minimum atomic E-state index is -0.222. The molecule has 0 aliphatic carbocycles. The molecule has 2 aliphatic rings. The first-order chi connectivity index (χ1) is 12.7. The van der Waals surface area contributed by atoms with Gasteiger partial charge in [0.05, 0.1) is 18.8 Å². The topological polar surface area (TPSA) is 42.0 Å². The van der Waals surface area contributed by atoms with E-state index in [0.717, 1.165) is 48.6 Å². The maximum absolute atomic E-state index is 12.3. The summed E-state index contributed by atoms with van der Waals surface area (Å²) >= 11 is 0. The number of fused-ring (bicyclic) bond motifs is 3. The summed E-state index contributed by atoms with van der Waals surface area (Å²) < 4.78 is 10.9. The summed E-state index contributed by atoms with van der Waals surface area (Å²) in [4.78, 5) is 16.5. The average molecular weight is 352 g/mol. The fraction of sp³-hybridized carbons (Fsp3) is 0.381. The van der Waals surface area contributed by atoms with Crippen LogP contribution in [0.1, 0.15) is 23.1 Å². The van der Waals surface area contributed by atoms with Gasteiger partial charge in [-0.3, -0.25) is 9.80 Å². The summed E-state index contributed by atoms with van der Waals surface area (Å²) in [5.41, 5.74) is 4.48. The highest BCUT2D eigenvalue weighted by atomic mass is 16.6. The second-order valence-corrected chi connectivity index (χ2v) is 7.04. The van der Waals surface area contributed by atoms with Crippen LogP contribution in [0.5, 0.6) is 5.75 Å². The molecule has 1 amide bonds. The Morgan fingerprint density at radius 3 is 2.92 bits per heavy atom. The highest BCUT2D eigenvalue weighted by Crippen LogP contribution is 2.33. The van der Waals surface area contributed by atoms with Crippen molar-refractivity contribution in [1.29, 1.82) is 0 Å². The number of amides is 1. The van der Waals surface area contributed by atoms with Gasteiger partial charge in [0.1, 0.15) is 12.4 Å². The number of methoxy groups -OCH3 is 1. The van der Waals surface area contributed by atoms with Crippen molar-refractivity contribution in [3.8, 4) is 5.75 Å². The van der Waals surface area contributed by atoms with Gasteiger partial charge in [-0.15, -0.1) is 0 Å². The second kappa shape index (κ2) is 7.00. The van der Waals surface area contributed by atoms with Crippen molar-refractivity contribution in [3.05, 3.63) is 59.2 Å². The van der Waals surface area contributed by atoms with Crippen LogP contribution in [-0.2, 0) is 17.8 Å². The minimum absolute atomic E-state index is 0.100. The summed E-state index contributed by atoms with van der Waals surface area (Å²) in [6.07, 6.45) is 0.675. The SMILES string of the molecule is COc1ccccc1CN1CC[C@H]2COC(=O)N2c2cc(C)ccc2C1. The molecule has 26 heavy (non-hydrogen) atoms. The molecule has 2 aromatic rings. The first kappa shape index (κ1) is 16.9. The number of hydrogen-bond donors (Lipinski definition) is 0. The van der Waals surface area contributed by atoms with E-state index in [0.29, 0.717) is 6.61 Å². The number of cyclic esters (lactones) is 1. The number of aryl methyl sites for hydroxylation is 1. The van der Waals surface area contributed by atoms with Crippen molar-refractivity contribution in [2.45, 2.75) is 32.5 Å². The molecule has 2 aliphatic heterocycles. The fourth-order valence-corrected chi connectivity index (χ4v) is 3.86. The predicted octanol–water partition coefficient (Wildman–Crippen LogP) is 3.73. The fourth-order valence-electron chi connectivity index (χ4n) is 3.86. The van der Waals surface area contributed by atoms with Gasteiger partial charge in [0.15, 0.2) is 0 Å². The molecule has 0 N–H and O–H groups in total. The quantitative estimate of drug-likeness (QED) is 0.844. The molecule has 1 saturated heterocycles. The number of anilines is 1. The molecule has 0 radical (unpaired) electrons. The zero-order valence-corrected chi connectivity index (χ0v) is 15.3. The first-order valence-corrected chi connectivity index (χ1v) is 9.05. The number of para-hydroxylation sites is 1. The van der Waals surface area contributed by atoms with Crippen LogP contribution >= 0.6 is 0 Å². The first-order valence-electron chi connectivity index (χ1n) is 9.05. The van der Waals surface area contributed by atoms with E-state index in [4.69, 9.17) is 9.47 Å². The Kier molecular flexibility index (Phi) is 4.55. The maximum atomic E-state index is 12.3. The smallest absolute Gasteiger partial charge is 0.414 e. The molecule has 0 saturated carbocycles. The molecular weight excluding hydrogens is 328 g/mol. The Morgan fingerprint density at radius 1 is 1.23 bits per heavy atom. The number of nitrogens with zero attached hydrogens (tertiary/aromatic N) is 2. The van der Waals surface area contributed by atoms with Crippen molar-refractivity contribution >= 4 is 11.8 Å². The van der Waals surface area contributed by atoms with Crippen LogP contribution in [0.3, 0.4) is 0 Å². The Balaban J connectivity index is 1.66. The van der Waals surface area contributed by atoms with Crippen LogP contribution in [0.25, 0.3) is 0 Å². The lowest BCUT2D eigenvalue weighted by molar-refractivity contribution is 0.177. The Morgan fingerprint density at radius 2 is 2.08 bits per heavy atom. The van der Waals surface area contributed by atoms with Gasteiger partial charge < -0.3 is 9.47 Å². The molecule has 5 nitrogen and oxygen atoms in total. The lowest BCUT2D eigenvalue weighted by Gasteiger charge is -2.32. The molecule has 0 unspecified atom stereocenters. The molecule has 0 spiro atoms. The highest BCUT2D eigenvalue weighted by Gasteiger charge is 2.37. The molecule has 5 heteroatoms. The average Bonchev–Trinajstić information content (AvgIpc) is 3.00. The second-order valence-electron chi connectivity index (χ2n) is 7.04. The van der Waals surface area contributed by atoms with Gasteiger partial charge in [0, 0.05) is 25.2 Å². The van der Waals surface area contributed by atoms with Crippen LogP contribution < -0.4 is 9.64 Å². The van der Waals surface area contributed by atoms with Crippen LogP contribution in [0.4, 0.5) is 10.5 Å². The van der Waals surface area contributed by atoms with Crippen LogP contribution in [0, 0.1) is 6.92 Å². The van der Waals surface area contributed by atoms with Crippen molar-refractivity contribution in [3.63, 3.8) is 0 Å². The molecule has 2 heterocycles. The van der Waals surface area contributed by atoms with E-state index < -0.39 is 0 Å². The van der Waals surface area contributed by atoms with Gasteiger partial charge in [0.2, 0.25) is 0 Å². The lowest BCUT2D eigenvalue weighted by atomic mass is 10.0. The third-order valence-electron chi connectivity index (χ3n) is 5.22. The highest BCUT2D eigenvalue weighted by molar-refractivity contribution is 5.91. The van der Waals surface area contributed by atoms with Crippen LogP contribution in [0.15, 0.2) is 42.5 Å². The standard InChI is InChI=1S/C21H24N2O3/c1-15-7-8-16-12-22(13-17-5-3-4-6-20(17)25-2)10-9-18-14-26-21(24)23(18)19(16)11-15/h3-8,11,18H,9-10,12-14H2,1-2H3/t18-/m0/s1. The van der Waals surface area contributed by atoms with Crippen molar-refractivity contribution in [1.82, 2.24) is 4.90 Å². The zero-order valence-electron chi connectivity index (χ0n) is 15.3. The number of rotatable bonds is 3. The number of ether oxygens (including phenoxy) is 2. The molecule has 1 atom stereocenters. The molecule has 1 fully saturated rings. The maximum Gasteiger partial charge on any atom is 0.414 e. The molecule has 4 rings (SSSR count). The Labute approximate surface area is 154 Å². The van der Waals surface area contributed by atoms with E-state index >= 15 is 0 Å². The van der Waals surface area contributed by atoms with Gasteiger partial charge in [-0.25, -0.2) is 4.79 Å². The Bertz CT molecular complexity index is 821. The third kappa shape index (κ3) is 3.15. The van der Waals surface area contributed by atoms with E-state index in [1.807, 2.05) is 23.1 Å². The summed E-state index contributed by atoms with van der Waals surface area (Å²) in [5.74, 6) is 0.916. The third-order valence-corrected chi connectivity index (χ3v) is 5.22. The van der Waals surface area contributed by atoms with Crippen LogP contribution in [0.2, 0.25) is 0 Å². The normalized spacial score (nSPS) is 20.0. The van der Waals surface area contributed by atoms with E-state index in [9.17, 15) is 4.79 Å². The predicted molar refractivity (Wildman–Crippen MR) is 101 cm³/mol. The number of carbonyl (C=O) groups excluding carboxylic acids is 1. The summed E-state index contributed by atoms with van der Waals surface area (Å²) in [5, 5.41) is 0. The largest absolute Gasteiger partial charge is 0.496 e. The van der Waals surface area contributed by atoms with Crippen molar-refractivity contribution in [2.75, 3.05) is 25.2 Å². The van der Waals surface area contributed by atoms with Gasteiger partial charge in [-0.05, 0) is 36.6 Å². The zero-order chi connectivity index (χ0) is 18.1. The monoisotopic (exact) mass is 352 g/mol. The van der Waals surface area contributed by atoms with Gasteiger partial charge in [-0.2, -0.15) is 0 Å². The lowest BCUT2D eigenvalue weighted by Crippen LogP contribution is -2.40. The molecule has 0 bridgehead atoms. The van der Waals surface area contributed by atoms with Gasteiger partial charge >= 0.3 is 6.09 Å². The van der Waals surface area contributed by atoms with E-state index in [-0.39, 0.29) is 12.1 Å². The molecule has 2 aromatic carbocycles. The summed E-state index contributed by atoms with van der Waals surface area (Å²) in [6.45, 7) is 5.04.